The standard InChI is InChI=1S/C18H13N.C7H8.2C4H10/c1-2-8-14(9-3-1)19-17-12-6-4-10-15(17)16-11-5-7-13-18(16)19;1-7-5-3-2-4-6-7;2*1-4(2)3/h1-13H;2-6H,1H3;2*4H,1-3H3. The highest BCUT2D eigenvalue weighted by atomic mass is 15.0. The molecule has 0 radical (unpaired) electrons. The average Bonchev–Trinajstić information content (AvgIpc) is 3.14. The van der Waals surface area contributed by atoms with Crippen LogP contribution in [0.2, 0.25) is 0 Å². The number of benzene rings is 4. The fourth-order valence-corrected chi connectivity index (χ4v) is 3.31. The van der Waals surface area contributed by atoms with Crippen molar-refractivity contribution in [3.05, 3.63) is 115 Å². The Balaban J connectivity index is 0.000000225. The first-order valence-electron chi connectivity index (χ1n) is 12.4. The zero-order valence-electron chi connectivity index (χ0n) is 22.0. The van der Waals surface area contributed by atoms with E-state index in [1.807, 2.05) is 18.2 Å². The van der Waals surface area contributed by atoms with Gasteiger partial charge < -0.3 is 4.57 Å². The Labute approximate surface area is 207 Å². The van der Waals surface area contributed by atoms with Crippen molar-refractivity contribution >= 4 is 21.8 Å². The van der Waals surface area contributed by atoms with Crippen LogP contribution < -0.4 is 0 Å². The first kappa shape index (κ1) is 26.9. The molecule has 0 N–H and O–H groups in total. The quantitative estimate of drug-likeness (QED) is 0.239. The number of nitrogens with zero attached hydrogens (tertiary/aromatic N) is 1. The lowest BCUT2D eigenvalue weighted by Crippen LogP contribution is -1.92. The van der Waals surface area contributed by atoms with Gasteiger partial charge in [0.2, 0.25) is 0 Å². The van der Waals surface area contributed by atoms with Gasteiger partial charge in [-0.3, -0.25) is 0 Å². The molecule has 0 aliphatic rings. The van der Waals surface area contributed by atoms with Gasteiger partial charge in [-0.15, -0.1) is 0 Å². The third-order valence-corrected chi connectivity index (χ3v) is 4.53. The second-order valence-electron chi connectivity index (χ2n) is 9.82. The van der Waals surface area contributed by atoms with Crippen LogP contribution in [0.5, 0.6) is 0 Å². The van der Waals surface area contributed by atoms with Gasteiger partial charge in [0, 0.05) is 16.5 Å². The number of para-hydroxylation sites is 3. The van der Waals surface area contributed by atoms with Crippen LogP contribution in [0.3, 0.4) is 0 Å². The van der Waals surface area contributed by atoms with Crippen LogP contribution in [0.25, 0.3) is 27.5 Å². The van der Waals surface area contributed by atoms with Gasteiger partial charge in [-0.05, 0) is 43.0 Å². The van der Waals surface area contributed by atoms with Crippen LogP contribution in [-0.2, 0) is 0 Å². The van der Waals surface area contributed by atoms with Gasteiger partial charge in [0.15, 0.2) is 0 Å². The third kappa shape index (κ3) is 8.56. The van der Waals surface area contributed by atoms with Gasteiger partial charge >= 0.3 is 0 Å². The lowest BCUT2D eigenvalue weighted by atomic mass is 10.2. The highest BCUT2D eigenvalue weighted by Crippen LogP contribution is 2.31. The van der Waals surface area contributed by atoms with Crippen molar-refractivity contribution in [3.63, 3.8) is 0 Å². The van der Waals surface area contributed by atoms with Crippen molar-refractivity contribution < 1.29 is 0 Å². The molecule has 0 fully saturated rings. The second-order valence-corrected chi connectivity index (χ2v) is 9.82. The molecule has 0 amide bonds. The second kappa shape index (κ2) is 14.1. The van der Waals surface area contributed by atoms with Crippen LogP contribution in [0.4, 0.5) is 0 Å². The molecule has 1 aromatic heterocycles. The fourth-order valence-electron chi connectivity index (χ4n) is 3.31. The smallest absolute Gasteiger partial charge is 0.0541 e. The van der Waals surface area contributed by atoms with Crippen molar-refractivity contribution in [2.24, 2.45) is 11.8 Å². The highest BCUT2D eigenvalue weighted by Gasteiger charge is 2.10. The number of aromatic nitrogens is 1. The van der Waals surface area contributed by atoms with E-state index < -0.39 is 0 Å². The summed E-state index contributed by atoms with van der Waals surface area (Å²) in [6, 6.07) is 37.9. The lowest BCUT2D eigenvalue weighted by Gasteiger charge is -2.06. The Hall–Kier alpha value is -3.32. The molecule has 4 aromatic carbocycles. The molecule has 0 aliphatic heterocycles. The normalized spacial score (nSPS) is 10.1. The summed E-state index contributed by atoms with van der Waals surface area (Å²) in [7, 11) is 0. The number of rotatable bonds is 1. The van der Waals surface area contributed by atoms with Gasteiger partial charge in [-0.25, -0.2) is 0 Å². The Morgan fingerprint density at radius 2 is 0.765 bits per heavy atom. The van der Waals surface area contributed by atoms with E-state index in [0.717, 1.165) is 11.8 Å². The molecule has 0 spiro atoms. The van der Waals surface area contributed by atoms with Crippen molar-refractivity contribution in [1.29, 1.82) is 0 Å². The molecular formula is C33H41N. The number of hydrogen-bond donors (Lipinski definition) is 0. The first-order valence-corrected chi connectivity index (χ1v) is 12.4. The lowest BCUT2D eigenvalue weighted by molar-refractivity contribution is 0.736. The van der Waals surface area contributed by atoms with E-state index in [9.17, 15) is 0 Å². The maximum atomic E-state index is 2.32. The predicted molar refractivity (Wildman–Crippen MR) is 153 cm³/mol. The largest absolute Gasteiger partial charge is 0.309 e. The van der Waals surface area contributed by atoms with Crippen LogP contribution in [0.15, 0.2) is 109 Å². The van der Waals surface area contributed by atoms with Crippen molar-refractivity contribution in [1.82, 2.24) is 4.57 Å². The average molecular weight is 452 g/mol. The van der Waals surface area contributed by atoms with E-state index in [0.29, 0.717) is 0 Å². The summed E-state index contributed by atoms with van der Waals surface area (Å²) in [4.78, 5) is 0. The number of fused-ring (bicyclic) bond motifs is 3. The minimum atomic E-state index is 0.833. The van der Waals surface area contributed by atoms with Crippen molar-refractivity contribution in [2.45, 2.75) is 48.5 Å². The molecule has 5 aromatic rings. The van der Waals surface area contributed by atoms with E-state index in [4.69, 9.17) is 0 Å². The molecule has 0 aliphatic carbocycles. The Kier molecular flexibility index (Phi) is 11.1. The third-order valence-electron chi connectivity index (χ3n) is 4.53. The fraction of sp³-hybridized carbons (Fsp3) is 0.273. The summed E-state index contributed by atoms with van der Waals surface area (Å²) in [5, 5.41) is 2.61. The van der Waals surface area contributed by atoms with E-state index in [1.54, 1.807) is 0 Å². The molecule has 0 bridgehead atoms. The number of aryl methyl sites for hydroxylation is 1. The van der Waals surface area contributed by atoms with Crippen LogP contribution in [-0.4, -0.2) is 4.57 Å². The van der Waals surface area contributed by atoms with Gasteiger partial charge in [-0.2, -0.15) is 0 Å². The van der Waals surface area contributed by atoms with Gasteiger partial charge in [0.25, 0.3) is 0 Å². The first-order chi connectivity index (χ1) is 16.3. The Bertz CT molecular complexity index is 1150. The Morgan fingerprint density at radius 3 is 1.12 bits per heavy atom. The predicted octanol–water partition coefficient (Wildman–Crippen LogP) is 10.1. The van der Waals surface area contributed by atoms with Crippen molar-refractivity contribution in [2.75, 3.05) is 0 Å². The minimum Gasteiger partial charge on any atom is -0.309 e. The minimum absolute atomic E-state index is 0.833. The molecule has 0 saturated carbocycles. The molecule has 1 heterocycles. The molecule has 178 valence electrons. The molecule has 34 heavy (non-hydrogen) atoms. The summed E-state index contributed by atoms with van der Waals surface area (Å²) in [6.45, 7) is 15.1. The summed E-state index contributed by atoms with van der Waals surface area (Å²) < 4.78 is 2.32. The van der Waals surface area contributed by atoms with Gasteiger partial charge in [0.1, 0.15) is 0 Å². The maximum absolute atomic E-state index is 2.32. The summed E-state index contributed by atoms with van der Waals surface area (Å²) in [5.74, 6) is 1.67. The molecule has 0 atom stereocenters. The molecule has 5 rings (SSSR count). The van der Waals surface area contributed by atoms with Crippen LogP contribution in [0, 0.1) is 18.8 Å². The van der Waals surface area contributed by atoms with E-state index in [2.05, 4.69) is 144 Å². The van der Waals surface area contributed by atoms with Gasteiger partial charge in [-0.1, -0.05) is 132 Å². The van der Waals surface area contributed by atoms with E-state index in [-0.39, 0.29) is 0 Å². The monoisotopic (exact) mass is 451 g/mol. The maximum Gasteiger partial charge on any atom is 0.0541 e. The van der Waals surface area contributed by atoms with E-state index >= 15 is 0 Å². The zero-order chi connectivity index (χ0) is 24.9. The summed E-state index contributed by atoms with van der Waals surface area (Å²) in [6.07, 6.45) is 0. The molecule has 0 saturated heterocycles. The van der Waals surface area contributed by atoms with Gasteiger partial charge in [0.05, 0.1) is 11.0 Å². The topological polar surface area (TPSA) is 4.93 Å². The highest BCUT2D eigenvalue weighted by molar-refractivity contribution is 6.09. The van der Waals surface area contributed by atoms with Crippen LogP contribution >= 0.6 is 0 Å². The van der Waals surface area contributed by atoms with E-state index in [1.165, 1.54) is 33.1 Å². The molecular weight excluding hydrogens is 410 g/mol. The summed E-state index contributed by atoms with van der Waals surface area (Å²) in [5.41, 5.74) is 5.05. The SMILES string of the molecule is CC(C)C.CC(C)C.Cc1ccccc1.c1ccc(-n2c3ccccc3c3ccccc32)cc1. The molecule has 1 heteroatoms. The van der Waals surface area contributed by atoms with Crippen molar-refractivity contribution in [3.8, 4) is 5.69 Å². The molecule has 0 unspecified atom stereocenters. The zero-order valence-corrected chi connectivity index (χ0v) is 22.0. The Morgan fingerprint density at radius 1 is 0.441 bits per heavy atom. The number of hydrogen-bond acceptors (Lipinski definition) is 0. The summed E-state index contributed by atoms with van der Waals surface area (Å²) >= 11 is 0. The molecule has 1 nitrogen and oxygen atoms in total. The van der Waals surface area contributed by atoms with Crippen LogP contribution in [0.1, 0.15) is 47.1 Å².